The molecule has 0 fully saturated rings. The minimum absolute atomic E-state index is 0. The van der Waals surface area contributed by atoms with Crippen molar-refractivity contribution in [3.05, 3.63) is 18.6 Å². The van der Waals surface area contributed by atoms with Crippen LogP contribution in [0.5, 0.6) is 0 Å². The fourth-order valence-corrected chi connectivity index (χ4v) is 1.31. The lowest BCUT2D eigenvalue weighted by atomic mass is 10.3. The van der Waals surface area contributed by atoms with Crippen molar-refractivity contribution in [2.75, 3.05) is 18.5 Å². The SMILES string of the molecule is CCN(C)c1ncnc2[nH]ccc12.[HH]. The normalized spacial score (nSPS) is 10.6. The maximum Gasteiger partial charge on any atom is 0.142 e. The van der Waals surface area contributed by atoms with Crippen LogP contribution in [0.4, 0.5) is 5.82 Å². The number of nitrogens with one attached hydrogen (secondary N) is 1. The summed E-state index contributed by atoms with van der Waals surface area (Å²) in [5.41, 5.74) is 0.894. The average molecular weight is 178 g/mol. The molecule has 0 radical (unpaired) electrons. The molecule has 2 heterocycles. The van der Waals surface area contributed by atoms with Crippen molar-refractivity contribution >= 4 is 16.9 Å². The second kappa shape index (κ2) is 3.05. The largest absolute Gasteiger partial charge is 0.359 e. The van der Waals surface area contributed by atoms with Gasteiger partial charge < -0.3 is 9.88 Å². The number of fused-ring (bicyclic) bond motifs is 1. The lowest BCUT2D eigenvalue weighted by Crippen LogP contribution is -2.17. The Kier molecular flexibility index (Phi) is 1.88. The minimum Gasteiger partial charge on any atom is -0.359 e. The number of aromatic amines is 1. The molecule has 2 aromatic heterocycles. The van der Waals surface area contributed by atoms with Crippen LogP contribution < -0.4 is 4.90 Å². The molecule has 0 saturated heterocycles. The first-order chi connectivity index (χ1) is 6.33. The second-order valence-electron chi connectivity index (χ2n) is 2.95. The van der Waals surface area contributed by atoms with E-state index in [2.05, 4.69) is 26.8 Å². The van der Waals surface area contributed by atoms with Gasteiger partial charge in [-0.15, -0.1) is 0 Å². The van der Waals surface area contributed by atoms with Gasteiger partial charge in [0.05, 0.1) is 5.39 Å². The van der Waals surface area contributed by atoms with Gasteiger partial charge in [-0.2, -0.15) is 0 Å². The van der Waals surface area contributed by atoms with Crippen molar-refractivity contribution in [2.24, 2.45) is 0 Å². The quantitative estimate of drug-likeness (QED) is 0.760. The summed E-state index contributed by atoms with van der Waals surface area (Å²) in [7, 11) is 2.02. The smallest absolute Gasteiger partial charge is 0.142 e. The van der Waals surface area contributed by atoms with E-state index in [9.17, 15) is 0 Å². The highest BCUT2D eigenvalue weighted by Crippen LogP contribution is 2.19. The van der Waals surface area contributed by atoms with Crippen molar-refractivity contribution in [1.82, 2.24) is 15.0 Å². The third kappa shape index (κ3) is 1.24. The zero-order valence-electron chi connectivity index (χ0n) is 7.78. The van der Waals surface area contributed by atoms with E-state index >= 15 is 0 Å². The van der Waals surface area contributed by atoms with Crippen molar-refractivity contribution in [1.29, 1.82) is 0 Å². The number of anilines is 1. The molecule has 0 aliphatic carbocycles. The van der Waals surface area contributed by atoms with Gasteiger partial charge in [0.2, 0.25) is 0 Å². The molecule has 2 rings (SSSR count). The second-order valence-corrected chi connectivity index (χ2v) is 2.95. The van der Waals surface area contributed by atoms with Crippen LogP contribution in [-0.2, 0) is 0 Å². The van der Waals surface area contributed by atoms with Gasteiger partial charge in [-0.1, -0.05) is 0 Å². The molecule has 4 heteroatoms. The number of aromatic nitrogens is 3. The molecule has 1 N–H and O–H groups in total. The molecule has 0 unspecified atom stereocenters. The third-order valence-corrected chi connectivity index (χ3v) is 2.17. The Balaban J connectivity index is 0.000000980. The molecule has 70 valence electrons. The van der Waals surface area contributed by atoms with Gasteiger partial charge in [0.25, 0.3) is 0 Å². The highest BCUT2D eigenvalue weighted by atomic mass is 15.2. The highest BCUT2D eigenvalue weighted by Gasteiger charge is 2.06. The van der Waals surface area contributed by atoms with Crippen LogP contribution in [0.25, 0.3) is 11.0 Å². The Hall–Kier alpha value is -1.58. The summed E-state index contributed by atoms with van der Waals surface area (Å²) in [5, 5.41) is 1.08. The lowest BCUT2D eigenvalue weighted by Gasteiger charge is -2.15. The molecule has 13 heavy (non-hydrogen) atoms. The maximum absolute atomic E-state index is 4.24. The summed E-state index contributed by atoms with van der Waals surface area (Å²) in [4.78, 5) is 13.5. The van der Waals surface area contributed by atoms with E-state index in [-0.39, 0.29) is 1.43 Å². The zero-order chi connectivity index (χ0) is 9.26. The first-order valence-corrected chi connectivity index (χ1v) is 4.32. The first kappa shape index (κ1) is 8.04. The van der Waals surface area contributed by atoms with E-state index in [0.717, 1.165) is 23.4 Å². The Morgan fingerprint density at radius 3 is 3.15 bits per heavy atom. The van der Waals surface area contributed by atoms with E-state index < -0.39 is 0 Å². The van der Waals surface area contributed by atoms with Gasteiger partial charge in [-0.3, -0.25) is 0 Å². The van der Waals surface area contributed by atoms with Crippen LogP contribution in [-0.4, -0.2) is 28.5 Å². The van der Waals surface area contributed by atoms with Crippen molar-refractivity contribution in [2.45, 2.75) is 6.92 Å². The van der Waals surface area contributed by atoms with E-state index in [1.165, 1.54) is 0 Å². The Morgan fingerprint density at radius 1 is 1.54 bits per heavy atom. The Bertz CT molecular complexity index is 412. The average Bonchev–Trinajstić information content (AvgIpc) is 2.63. The number of H-pyrrole nitrogens is 1. The molecule has 0 spiro atoms. The van der Waals surface area contributed by atoms with E-state index in [4.69, 9.17) is 0 Å². The monoisotopic (exact) mass is 178 g/mol. The van der Waals surface area contributed by atoms with Crippen molar-refractivity contribution in [3.8, 4) is 0 Å². The summed E-state index contributed by atoms with van der Waals surface area (Å²) < 4.78 is 0. The third-order valence-electron chi connectivity index (χ3n) is 2.17. The maximum atomic E-state index is 4.24. The fourth-order valence-electron chi connectivity index (χ4n) is 1.31. The Morgan fingerprint density at radius 2 is 2.38 bits per heavy atom. The molecule has 0 aliphatic rings. The van der Waals surface area contributed by atoms with Crippen LogP contribution in [0.3, 0.4) is 0 Å². The molecular weight excluding hydrogens is 164 g/mol. The predicted molar refractivity (Wildman–Crippen MR) is 54.9 cm³/mol. The van der Waals surface area contributed by atoms with Crippen molar-refractivity contribution < 1.29 is 1.43 Å². The highest BCUT2D eigenvalue weighted by molar-refractivity contribution is 5.87. The summed E-state index contributed by atoms with van der Waals surface area (Å²) in [6.45, 7) is 3.04. The van der Waals surface area contributed by atoms with Crippen LogP contribution in [0.2, 0.25) is 0 Å². The summed E-state index contributed by atoms with van der Waals surface area (Å²) in [6, 6.07) is 2.00. The van der Waals surface area contributed by atoms with Gasteiger partial charge in [0.15, 0.2) is 0 Å². The molecule has 0 aromatic carbocycles. The Labute approximate surface area is 78.1 Å². The van der Waals surface area contributed by atoms with Gasteiger partial charge in [-0.25, -0.2) is 9.97 Å². The first-order valence-electron chi connectivity index (χ1n) is 4.32. The minimum atomic E-state index is 0. The van der Waals surface area contributed by atoms with Gasteiger partial charge in [0, 0.05) is 21.2 Å². The van der Waals surface area contributed by atoms with Gasteiger partial charge >= 0.3 is 0 Å². The topological polar surface area (TPSA) is 44.8 Å². The van der Waals surface area contributed by atoms with Crippen LogP contribution in [0, 0.1) is 0 Å². The molecule has 0 atom stereocenters. The molecular formula is C9H14N4. The molecule has 2 aromatic rings. The lowest BCUT2D eigenvalue weighted by molar-refractivity contribution is 0.940. The molecule has 0 aliphatic heterocycles. The van der Waals surface area contributed by atoms with E-state index in [0.29, 0.717) is 0 Å². The fraction of sp³-hybridized carbons (Fsp3) is 0.333. The summed E-state index contributed by atoms with van der Waals surface area (Å²) in [5.74, 6) is 0.980. The summed E-state index contributed by atoms with van der Waals surface area (Å²) >= 11 is 0. The zero-order valence-corrected chi connectivity index (χ0v) is 7.78. The molecule has 0 saturated carbocycles. The van der Waals surface area contributed by atoms with E-state index in [1.54, 1.807) is 6.33 Å². The van der Waals surface area contributed by atoms with Crippen LogP contribution in [0.15, 0.2) is 18.6 Å². The van der Waals surface area contributed by atoms with Crippen molar-refractivity contribution in [3.63, 3.8) is 0 Å². The van der Waals surface area contributed by atoms with Crippen LogP contribution >= 0.6 is 0 Å². The van der Waals surface area contributed by atoms with Gasteiger partial charge in [-0.05, 0) is 13.0 Å². The molecule has 0 bridgehead atoms. The van der Waals surface area contributed by atoms with E-state index in [1.807, 2.05) is 19.3 Å². The number of rotatable bonds is 2. The molecule has 4 nitrogen and oxygen atoms in total. The van der Waals surface area contributed by atoms with Crippen LogP contribution in [0.1, 0.15) is 8.35 Å². The van der Waals surface area contributed by atoms with Gasteiger partial charge in [0.1, 0.15) is 17.8 Å². The predicted octanol–water partition coefficient (Wildman–Crippen LogP) is 1.66. The number of nitrogens with zero attached hydrogens (tertiary/aromatic N) is 3. The number of hydrogen-bond acceptors (Lipinski definition) is 3. The number of hydrogen-bond donors (Lipinski definition) is 1. The summed E-state index contributed by atoms with van der Waals surface area (Å²) in [6.07, 6.45) is 3.46. The molecule has 0 amide bonds. The standard InChI is InChI=1S/C9H12N4.H2/c1-3-13(2)9-7-4-5-10-8(7)11-6-12-9;/h4-6H,3H2,1-2H3,(H,10,11,12);1H.